The fraction of sp³-hybridized carbons (Fsp3) is 0.556. The minimum atomic E-state index is -0.590. The molecule has 1 fully saturated rings. The Labute approximate surface area is 85.6 Å². The smallest absolute Gasteiger partial charge is 0.328 e. The summed E-state index contributed by atoms with van der Waals surface area (Å²) >= 11 is 0. The topological polar surface area (TPSA) is 87.1 Å². The van der Waals surface area contributed by atoms with E-state index in [0.29, 0.717) is 18.7 Å². The number of hydrogen-bond donors (Lipinski definition) is 3. The van der Waals surface area contributed by atoms with Crippen molar-refractivity contribution in [3.63, 3.8) is 0 Å². The molecule has 0 unspecified atom stereocenters. The number of aliphatic hydroxyl groups is 1. The first-order chi connectivity index (χ1) is 7.09. The van der Waals surface area contributed by atoms with Gasteiger partial charge in [-0.15, -0.1) is 0 Å². The first-order valence-electron chi connectivity index (χ1n) is 4.80. The SMILES string of the molecule is Cc1cn([C@H]2CNC[C@H]2O)c(=O)[nH]c1=O. The van der Waals surface area contributed by atoms with E-state index in [2.05, 4.69) is 10.3 Å². The molecule has 1 aliphatic heterocycles. The van der Waals surface area contributed by atoms with E-state index in [1.807, 2.05) is 0 Å². The summed E-state index contributed by atoms with van der Waals surface area (Å²) in [6.45, 7) is 2.63. The lowest BCUT2D eigenvalue weighted by Crippen LogP contribution is -2.37. The Morgan fingerprint density at radius 2 is 2.20 bits per heavy atom. The van der Waals surface area contributed by atoms with E-state index in [0.717, 1.165) is 0 Å². The molecular weight excluding hydrogens is 198 g/mol. The van der Waals surface area contributed by atoms with E-state index >= 15 is 0 Å². The molecular formula is C9H13N3O3. The van der Waals surface area contributed by atoms with Crippen LogP contribution in [0.1, 0.15) is 11.6 Å². The second-order valence-electron chi connectivity index (χ2n) is 3.77. The zero-order valence-electron chi connectivity index (χ0n) is 8.36. The van der Waals surface area contributed by atoms with E-state index in [9.17, 15) is 14.7 Å². The van der Waals surface area contributed by atoms with Crippen molar-refractivity contribution in [1.82, 2.24) is 14.9 Å². The lowest BCUT2D eigenvalue weighted by atomic mass is 10.2. The summed E-state index contributed by atoms with van der Waals surface area (Å²) in [5.41, 5.74) is -0.385. The molecule has 0 bridgehead atoms. The highest BCUT2D eigenvalue weighted by atomic mass is 16.3. The van der Waals surface area contributed by atoms with Crippen LogP contribution >= 0.6 is 0 Å². The second kappa shape index (κ2) is 3.63. The van der Waals surface area contributed by atoms with Gasteiger partial charge in [-0.2, -0.15) is 0 Å². The third-order valence-corrected chi connectivity index (χ3v) is 2.65. The Bertz CT molecular complexity index is 476. The monoisotopic (exact) mass is 211 g/mol. The van der Waals surface area contributed by atoms with Gasteiger partial charge >= 0.3 is 5.69 Å². The number of β-amino-alcohol motifs (C(OH)–C–C–N with tert-alkyl or cyclic N) is 1. The normalized spacial score (nSPS) is 25.7. The fourth-order valence-corrected chi connectivity index (χ4v) is 1.77. The van der Waals surface area contributed by atoms with Crippen molar-refractivity contribution in [2.24, 2.45) is 0 Å². The van der Waals surface area contributed by atoms with Gasteiger partial charge in [0.05, 0.1) is 12.1 Å². The van der Waals surface area contributed by atoms with Crippen molar-refractivity contribution in [3.8, 4) is 0 Å². The average Bonchev–Trinajstić information content (AvgIpc) is 2.58. The molecule has 2 atom stereocenters. The Kier molecular flexibility index (Phi) is 2.45. The zero-order chi connectivity index (χ0) is 11.0. The summed E-state index contributed by atoms with van der Waals surface area (Å²) in [4.78, 5) is 24.9. The van der Waals surface area contributed by atoms with Gasteiger partial charge in [0.25, 0.3) is 5.56 Å². The Morgan fingerprint density at radius 3 is 2.80 bits per heavy atom. The van der Waals surface area contributed by atoms with Gasteiger partial charge in [-0.3, -0.25) is 14.3 Å². The highest BCUT2D eigenvalue weighted by molar-refractivity contribution is 5.03. The van der Waals surface area contributed by atoms with Gasteiger partial charge in [-0.05, 0) is 6.92 Å². The number of rotatable bonds is 1. The fourth-order valence-electron chi connectivity index (χ4n) is 1.77. The van der Waals surface area contributed by atoms with Gasteiger partial charge in [0.15, 0.2) is 0 Å². The molecule has 0 radical (unpaired) electrons. The van der Waals surface area contributed by atoms with Crippen LogP contribution in [0.4, 0.5) is 0 Å². The molecule has 0 saturated carbocycles. The maximum Gasteiger partial charge on any atom is 0.328 e. The summed E-state index contributed by atoms with van der Waals surface area (Å²) in [6.07, 6.45) is 0.898. The molecule has 2 rings (SSSR count). The largest absolute Gasteiger partial charge is 0.390 e. The molecule has 0 aromatic carbocycles. The number of hydrogen-bond acceptors (Lipinski definition) is 4. The van der Waals surface area contributed by atoms with Crippen molar-refractivity contribution in [2.45, 2.75) is 19.1 Å². The van der Waals surface area contributed by atoms with Crippen molar-refractivity contribution in [3.05, 3.63) is 32.6 Å². The van der Waals surface area contributed by atoms with Crippen LogP contribution in [0.5, 0.6) is 0 Å². The van der Waals surface area contributed by atoms with Crippen LogP contribution in [0.15, 0.2) is 15.8 Å². The number of aromatic nitrogens is 2. The summed E-state index contributed by atoms with van der Waals surface area (Å²) in [5, 5.41) is 12.6. The van der Waals surface area contributed by atoms with Gasteiger partial charge < -0.3 is 10.4 Å². The molecule has 1 aromatic heterocycles. The minimum absolute atomic E-state index is 0.298. The van der Waals surface area contributed by atoms with Gasteiger partial charge in [0, 0.05) is 24.8 Å². The molecule has 6 heteroatoms. The Balaban J connectivity index is 2.48. The first-order valence-corrected chi connectivity index (χ1v) is 4.80. The van der Waals surface area contributed by atoms with Crippen molar-refractivity contribution >= 4 is 0 Å². The van der Waals surface area contributed by atoms with Gasteiger partial charge in [0.1, 0.15) is 0 Å². The number of aryl methyl sites for hydroxylation is 1. The van der Waals surface area contributed by atoms with Crippen LogP contribution in [0.25, 0.3) is 0 Å². The summed E-state index contributed by atoms with van der Waals surface area (Å²) < 4.78 is 1.38. The lowest BCUT2D eigenvalue weighted by Gasteiger charge is -2.16. The maximum atomic E-state index is 11.5. The van der Waals surface area contributed by atoms with Gasteiger partial charge in [0.2, 0.25) is 0 Å². The van der Waals surface area contributed by atoms with E-state index in [1.165, 1.54) is 10.8 Å². The quantitative estimate of drug-likeness (QED) is 0.519. The van der Waals surface area contributed by atoms with E-state index in [4.69, 9.17) is 0 Å². The third-order valence-electron chi connectivity index (χ3n) is 2.65. The van der Waals surface area contributed by atoms with Crippen LogP contribution in [0, 0.1) is 6.92 Å². The van der Waals surface area contributed by atoms with Crippen molar-refractivity contribution < 1.29 is 5.11 Å². The van der Waals surface area contributed by atoms with Crippen LogP contribution in [-0.4, -0.2) is 33.9 Å². The average molecular weight is 211 g/mol. The number of nitrogens with zero attached hydrogens (tertiary/aromatic N) is 1. The van der Waals surface area contributed by atoms with Crippen LogP contribution < -0.4 is 16.6 Å². The predicted molar refractivity (Wildman–Crippen MR) is 54.0 cm³/mol. The number of H-pyrrole nitrogens is 1. The highest BCUT2D eigenvalue weighted by Gasteiger charge is 2.27. The molecule has 0 spiro atoms. The highest BCUT2D eigenvalue weighted by Crippen LogP contribution is 2.12. The van der Waals surface area contributed by atoms with E-state index in [1.54, 1.807) is 6.92 Å². The summed E-state index contributed by atoms with van der Waals surface area (Å²) in [5.74, 6) is 0. The standard InChI is InChI=1S/C9H13N3O3/c1-5-4-12(9(15)11-8(5)14)6-2-10-3-7(6)13/h4,6-7,10,13H,2-3H2,1H3,(H,11,14,15)/t6-,7+/m0/s1. The molecule has 82 valence electrons. The van der Waals surface area contributed by atoms with Gasteiger partial charge in [-0.25, -0.2) is 4.79 Å². The third kappa shape index (κ3) is 1.73. The van der Waals surface area contributed by atoms with Gasteiger partial charge in [-0.1, -0.05) is 0 Å². The molecule has 3 N–H and O–H groups in total. The van der Waals surface area contributed by atoms with Crippen LogP contribution in [-0.2, 0) is 0 Å². The molecule has 2 heterocycles. The second-order valence-corrected chi connectivity index (χ2v) is 3.77. The Hall–Kier alpha value is -1.40. The molecule has 15 heavy (non-hydrogen) atoms. The molecule has 0 aliphatic carbocycles. The Morgan fingerprint density at radius 1 is 1.47 bits per heavy atom. The van der Waals surface area contributed by atoms with E-state index < -0.39 is 11.8 Å². The number of nitrogens with one attached hydrogen (secondary N) is 2. The minimum Gasteiger partial charge on any atom is -0.390 e. The lowest BCUT2D eigenvalue weighted by molar-refractivity contribution is 0.148. The van der Waals surface area contributed by atoms with Crippen molar-refractivity contribution in [2.75, 3.05) is 13.1 Å². The molecule has 1 saturated heterocycles. The summed E-state index contributed by atoms with van der Waals surface area (Å²) in [6, 6.07) is -0.298. The zero-order valence-corrected chi connectivity index (χ0v) is 8.36. The molecule has 1 aliphatic rings. The predicted octanol–water partition coefficient (Wildman–Crippen LogP) is -1.65. The number of aromatic amines is 1. The van der Waals surface area contributed by atoms with Crippen molar-refractivity contribution in [1.29, 1.82) is 0 Å². The van der Waals surface area contributed by atoms with Crippen LogP contribution in [0.3, 0.4) is 0 Å². The summed E-state index contributed by atoms with van der Waals surface area (Å²) in [7, 11) is 0. The molecule has 0 amide bonds. The first kappa shape index (κ1) is 10.1. The maximum absolute atomic E-state index is 11.5. The molecule has 1 aromatic rings. The number of aliphatic hydroxyl groups excluding tert-OH is 1. The van der Waals surface area contributed by atoms with Crippen LogP contribution in [0.2, 0.25) is 0 Å². The van der Waals surface area contributed by atoms with E-state index in [-0.39, 0.29) is 11.6 Å². The molecule has 6 nitrogen and oxygen atoms in total.